The molecule has 7 heteroatoms. The van der Waals surface area contributed by atoms with E-state index in [2.05, 4.69) is 5.32 Å². The van der Waals surface area contributed by atoms with Crippen molar-refractivity contribution in [3.05, 3.63) is 51.4 Å². The van der Waals surface area contributed by atoms with Gasteiger partial charge in [0.25, 0.3) is 0 Å². The number of ether oxygens (including phenoxy) is 1. The molecule has 0 saturated carbocycles. The minimum atomic E-state index is -0.123. The Bertz CT molecular complexity index is 767. The Morgan fingerprint density at radius 3 is 2.60 bits per heavy atom. The summed E-state index contributed by atoms with van der Waals surface area (Å²) in [6.45, 7) is 4.99. The van der Waals surface area contributed by atoms with Crippen LogP contribution in [0.5, 0.6) is 0 Å². The molecule has 1 aromatic heterocycles. The first-order chi connectivity index (χ1) is 12.0. The molecule has 3 rings (SSSR count). The number of anilines is 1. The first-order valence-electron chi connectivity index (χ1n) is 8.03. The Morgan fingerprint density at radius 1 is 1.24 bits per heavy atom. The molecule has 0 radical (unpaired) electrons. The van der Waals surface area contributed by atoms with Crippen LogP contribution in [-0.2, 0) is 9.53 Å². The van der Waals surface area contributed by atoms with Gasteiger partial charge in [-0.3, -0.25) is 14.5 Å². The maximum absolute atomic E-state index is 12.7. The molecule has 132 valence electrons. The first-order valence-corrected chi connectivity index (χ1v) is 9.23. The number of benzene rings is 1. The fourth-order valence-corrected chi connectivity index (χ4v) is 3.71. The lowest BCUT2D eigenvalue weighted by molar-refractivity contribution is -0.118. The Kier molecular flexibility index (Phi) is 5.86. The molecule has 2 aromatic rings. The van der Waals surface area contributed by atoms with Crippen LogP contribution in [0.25, 0.3) is 0 Å². The molecule has 5 nitrogen and oxygen atoms in total. The molecule has 0 spiro atoms. The second-order valence-electron chi connectivity index (χ2n) is 5.87. The number of carbonyl (C=O) groups is 2. The van der Waals surface area contributed by atoms with Crippen LogP contribution in [0, 0.1) is 6.92 Å². The second-order valence-corrected chi connectivity index (χ2v) is 7.57. The van der Waals surface area contributed by atoms with Gasteiger partial charge >= 0.3 is 0 Å². The van der Waals surface area contributed by atoms with Crippen LogP contribution >= 0.6 is 22.9 Å². The van der Waals surface area contributed by atoms with Crippen molar-refractivity contribution < 1.29 is 14.3 Å². The van der Waals surface area contributed by atoms with Gasteiger partial charge in [0.1, 0.15) is 5.00 Å². The summed E-state index contributed by atoms with van der Waals surface area (Å²) in [5.74, 6) is -0.239. The van der Waals surface area contributed by atoms with Gasteiger partial charge in [-0.05, 0) is 37.3 Å². The molecule has 1 amide bonds. The van der Waals surface area contributed by atoms with Crippen molar-refractivity contribution >= 4 is 39.6 Å². The molecule has 1 N–H and O–H groups in total. The van der Waals surface area contributed by atoms with Gasteiger partial charge in [-0.25, -0.2) is 0 Å². The van der Waals surface area contributed by atoms with Crippen LogP contribution in [0.2, 0.25) is 5.02 Å². The lowest BCUT2D eigenvalue weighted by Crippen LogP contribution is -2.41. The van der Waals surface area contributed by atoms with Crippen LogP contribution in [0.1, 0.15) is 20.8 Å². The molecule has 0 aliphatic carbocycles. The molecular formula is C18H19ClN2O3S. The second kappa shape index (κ2) is 8.10. The van der Waals surface area contributed by atoms with Crippen molar-refractivity contribution in [1.29, 1.82) is 0 Å². The lowest BCUT2D eigenvalue weighted by Gasteiger charge is -2.25. The topological polar surface area (TPSA) is 58.6 Å². The van der Waals surface area contributed by atoms with Gasteiger partial charge in [0.15, 0.2) is 5.78 Å². The minimum Gasteiger partial charge on any atom is -0.379 e. The monoisotopic (exact) mass is 378 g/mol. The molecule has 1 aliphatic heterocycles. The number of hydrogen-bond donors (Lipinski definition) is 1. The van der Waals surface area contributed by atoms with Gasteiger partial charge in [-0.1, -0.05) is 11.6 Å². The van der Waals surface area contributed by atoms with Gasteiger partial charge in [0.2, 0.25) is 5.91 Å². The predicted molar refractivity (Wildman–Crippen MR) is 99.8 cm³/mol. The number of halogens is 1. The summed E-state index contributed by atoms with van der Waals surface area (Å²) in [6.07, 6.45) is 0. The number of carbonyl (C=O) groups excluding carboxylic acids is 2. The maximum Gasteiger partial charge on any atom is 0.239 e. The normalized spacial score (nSPS) is 15.1. The van der Waals surface area contributed by atoms with Gasteiger partial charge in [-0.15, -0.1) is 11.3 Å². The number of ketones is 1. The summed E-state index contributed by atoms with van der Waals surface area (Å²) in [6, 6.07) is 8.56. The van der Waals surface area contributed by atoms with Crippen LogP contribution in [0.3, 0.4) is 0 Å². The van der Waals surface area contributed by atoms with Crippen molar-refractivity contribution in [2.75, 3.05) is 38.2 Å². The van der Waals surface area contributed by atoms with E-state index >= 15 is 0 Å². The van der Waals surface area contributed by atoms with Crippen molar-refractivity contribution in [3.8, 4) is 0 Å². The van der Waals surface area contributed by atoms with E-state index in [1.165, 1.54) is 11.3 Å². The number of nitrogens with zero attached hydrogens (tertiary/aromatic N) is 1. The van der Waals surface area contributed by atoms with E-state index in [1.807, 2.05) is 17.9 Å². The average molecular weight is 379 g/mol. The van der Waals surface area contributed by atoms with E-state index in [-0.39, 0.29) is 11.7 Å². The van der Waals surface area contributed by atoms with Crippen molar-refractivity contribution in [2.45, 2.75) is 6.92 Å². The van der Waals surface area contributed by atoms with Gasteiger partial charge in [0.05, 0.1) is 25.3 Å². The quantitative estimate of drug-likeness (QED) is 0.811. The number of hydrogen-bond acceptors (Lipinski definition) is 5. The summed E-state index contributed by atoms with van der Waals surface area (Å²) < 4.78 is 5.29. The van der Waals surface area contributed by atoms with Crippen LogP contribution < -0.4 is 5.32 Å². The average Bonchev–Trinajstić information content (AvgIpc) is 2.96. The van der Waals surface area contributed by atoms with Crippen LogP contribution in [0.4, 0.5) is 5.00 Å². The molecule has 2 heterocycles. The van der Waals surface area contributed by atoms with Gasteiger partial charge in [-0.2, -0.15) is 0 Å². The van der Waals surface area contributed by atoms with E-state index in [1.54, 1.807) is 24.3 Å². The largest absolute Gasteiger partial charge is 0.379 e. The SMILES string of the molecule is Cc1cc(C(=O)c2ccc(Cl)cc2)c(NC(=O)CN2CCOCC2)s1. The zero-order valence-electron chi connectivity index (χ0n) is 13.9. The summed E-state index contributed by atoms with van der Waals surface area (Å²) >= 11 is 7.29. The molecule has 25 heavy (non-hydrogen) atoms. The zero-order chi connectivity index (χ0) is 17.8. The first kappa shape index (κ1) is 18.1. The third-order valence-electron chi connectivity index (χ3n) is 3.93. The Morgan fingerprint density at radius 2 is 1.92 bits per heavy atom. The third kappa shape index (κ3) is 4.67. The highest BCUT2D eigenvalue weighted by atomic mass is 35.5. The molecular weight excluding hydrogens is 360 g/mol. The predicted octanol–water partition coefficient (Wildman–Crippen LogP) is 3.21. The highest BCUT2D eigenvalue weighted by Gasteiger charge is 2.20. The Balaban J connectivity index is 1.72. The zero-order valence-corrected chi connectivity index (χ0v) is 15.5. The Labute approximate surface area is 155 Å². The number of amides is 1. The molecule has 0 unspecified atom stereocenters. The number of thiophene rings is 1. The summed E-state index contributed by atoms with van der Waals surface area (Å²) in [5.41, 5.74) is 1.06. The molecule has 1 aromatic carbocycles. The minimum absolute atomic E-state index is 0.117. The maximum atomic E-state index is 12.7. The highest BCUT2D eigenvalue weighted by molar-refractivity contribution is 7.16. The molecule has 1 fully saturated rings. The van der Waals surface area contributed by atoms with Crippen molar-refractivity contribution in [1.82, 2.24) is 4.90 Å². The molecule has 1 aliphatic rings. The van der Waals surface area contributed by atoms with Gasteiger partial charge < -0.3 is 10.1 Å². The summed E-state index contributed by atoms with van der Waals surface area (Å²) in [5, 5.41) is 4.06. The molecule has 0 bridgehead atoms. The summed E-state index contributed by atoms with van der Waals surface area (Å²) in [7, 11) is 0. The van der Waals surface area contributed by atoms with Crippen LogP contribution in [-0.4, -0.2) is 49.4 Å². The van der Waals surface area contributed by atoms with Crippen molar-refractivity contribution in [3.63, 3.8) is 0 Å². The smallest absolute Gasteiger partial charge is 0.239 e. The number of morpholine rings is 1. The number of aryl methyl sites for hydroxylation is 1. The summed E-state index contributed by atoms with van der Waals surface area (Å²) in [4.78, 5) is 28.1. The third-order valence-corrected chi connectivity index (χ3v) is 5.15. The van der Waals surface area contributed by atoms with Crippen molar-refractivity contribution in [2.24, 2.45) is 0 Å². The van der Waals surface area contributed by atoms with E-state index in [4.69, 9.17) is 16.3 Å². The van der Waals surface area contributed by atoms with Gasteiger partial charge in [0, 0.05) is 28.6 Å². The van der Waals surface area contributed by atoms with E-state index < -0.39 is 0 Å². The molecule has 1 saturated heterocycles. The van der Waals surface area contributed by atoms with E-state index in [0.717, 1.165) is 18.0 Å². The molecule has 0 atom stereocenters. The highest BCUT2D eigenvalue weighted by Crippen LogP contribution is 2.30. The standard InChI is InChI=1S/C18H19ClN2O3S/c1-12-10-15(17(23)13-2-4-14(19)5-3-13)18(25-12)20-16(22)11-21-6-8-24-9-7-21/h2-5,10H,6-9,11H2,1H3,(H,20,22). The van der Waals surface area contributed by atoms with Crippen LogP contribution in [0.15, 0.2) is 30.3 Å². The fourth-order valence-electron chi connectivity index (χ4n) is 2.66. The number of nitrogens with one attached hydrogen (secondary N) is 1. The number of rotatable bonds is 5. The fraction of sp³-hybridized carbons (Fsp3) is 0.333. The van der Waals surface area contributed by atoms with E-state index in [9.17, 15) is 9.59 Å². The lowest BCUT2D eigenvalue weighted by atomic mass is 10.1. The van der Waals surface area contributed by atoms with E-state index in [0.29, 0.717) is 40.9 Å². The Hall–Kier alpha value is -1.73.